The van der Waals surface area contributed by atoms with Gasteiger partial charge in [0.2, 0.25) is 0 Å². The average molecular weight is 271 g/mol. The van der Waals surface area contributed by atoms with Crippen molar-refractivity contribution in [1.29, 1.82) is 0 Å². The van der Waals surface area contributed by atoms with Crippen LogP contribution in [0.4, 0.5) is 4.79 Å². The van der Waals surface area contributed by atoms with Crippen LogP contribution >= 0.6 is 0 Å². The number of imide groups is 1. The zero-order valence-electron chi connectivity index (χ0n) is 10.8. The summed E-state index contributed by atoms with van der Waals surface area (Å²) in [5.74, 6) is -1.68. The second-order valence-electron chi connectivity index (χ2n) is 4.19. The monoisotopic (exact) mass is 271 g/mol. The van der Waals surface area contributed by atoms with Crippen molar-refractivity contribution in [3.8, 4) is 0 Å². The Balaban J connectivity index is 2.71. The van der Waals surface area contributed by atoms with Gasteiger partial charge >= 0.3 is 17.8 Å². The first-order chi connectivity index (χ1) is 8.92. The van der Waals surface area contributed by atoms with Crippen molar-refractivity contribution in [3.63, 3.8) is 0 Å². The second kappa shape index (κ2) is 6.28. The Hall–Kier alpha value is -1.96. The first kappa shape index (κ1) is 15.1. The second-order valence-corrected chi connectivity index (χ2v) is 4.19. The minimum atomic E-state index is -1.11. The molecule has 1 rings (SSSR count). The molecule has 0 aromatic heterocycles. The van der Waals surface area contributed by atoms with Crippen molar-refractivity contribution in [1.82, 2.24) is 15.1 Å². The first-order valence-electron chi connectivity index (χ1n) is 5.97. The zero-order valence-corrected chi connectivity index (χ0v) is 10.8. The molecule has 0 bridgehead atoms. The summed E-state index contributed by atoms with van der Waals surface area (Å²) >= 11 is 0. The van der Waals surface area contributed by atoms with Gasteiger partial charge in [0.05, 0.1) is 6.10 Å². The lowest BCUT2D eigenvalue weighted by Crippen LogP contribution is -2.60. The Labute approximate surface area is 110 Å². The molecule has 19 heavy (non-hydrogen) atoms. The third kappa shape index (κ3) is 3.28. The molecule has 0 aromatic rings. The molecule has 1 unspecified atom stereocenters. The maximum atomic E-state index is 11.8. The molecule has 1 heterocycles. The molecule has 0 aromatic carbocycles. The number of nitrogens with one attached hydrogen (secondary N) is 1. The molecule has 2 N–H and O–H groups in total. The van der Waals surface area contributed by atoms with Crippen LogP contribution in [0.5, 0.6) is 0 Å². The number of piperazine rings is 1. The molecule has 8 nitrogen and oxygen atoms in total. The normalized spacial score (nSPS) is 19.1. The average Bonchev–Trinajstić information content (AvgIpc) is 2.38. The van der Waals surface area contributed by atoms with Gasteiger partial charge in [-0.2, -0.15) is 0 Å². The summed E-state index contributed by atoms with van der Waals surface area (Å²) in [6, 6.07) is -1.97. The summed E-state index contributed by atoms with van der Waals surface area (Å²) in [7, 11) is 0. The van der Waals surface area contributed by atoms with Crippen molar-refractivity contribution in [2.45, 2.75) is 26.0 Å². The van der Waals surface area contributed by atoms with Crippen LogP contribution in [-0.2, 0) is 14.4 Å². The van der Waals surface area contributed by atoms with Crippen molar-refractivity contribution < 1.29 is 24.3 Å². The highest BCUT2D eigenvalue weighted by molar-refractivity contribution is 6.38. The van der Waals surface area contributed by atoms with E-state index >= 15 is 0 Å². The summed E-state index contributed by atoms with van der Waals surface area (Å²) in [4.78, 5) is 47.8. The largest absolute Gasteiger partial charge is 0.391 e. The summed E-state index contributed by atoms with van der Waals surface area (Å²) in [6.07, 6.45) is -0.707. The molecular weight excluding hydrogens is 254 g/mol. The van der Waals surface area contributed by atoms with Crippen molar-refractivity contribution in [2.75, 3.05) is 19.6 Å². The molecule has 0 spiro atoms. The predicted octanol–water partition coefficient (Wildman–Crippen LogP) is -1.66. The number of amides is 4. The number of rotatable bonds is 4. The highest BCUT2D eigenvalue weighted by atomic mass is 16.3. The SMILES string of the molecule is CCN1CCN(C(=O)NC(C=O)[C@H](C)O)C(=O)C1=O. The predicted molar refractivity (Wildman–Crippen MR) is 64.0 cm³/mol. The molecule has 8 heteroatoms. The third-order valence-corrected chi connectivity index (χ3v) is 2.89. The number of carbonyl (C=O) groups is 4. The van der Waals surface area contributed by atoms with Crippen LogP contribution in [0, 0.1) is 0 Å². The van der Waals surface area contributed by atoms with Crippen LogP contribution in [0.1, 0.15) is 13.8 Å². The van der Waals surface area contributed by atoms with E-state index in [9.17, 15) is 24.3 Å². The number of nitrogens with zero attached hydrogens (tertiary/aromatic N) is 2. The van der Waals surface area contributed by atoms with Crippen LogP contribution in [-0.4, -0.2) is 70.8 Å². The highest BCUT2D eigenvalue weighted by Gasteiger charge is 2.36. The van der Waals surface area contributed by atoms with Gasteiger partial charge in [0.1, 0.15) is 12.3 Å². The van der Waals surface area contributed by atoms with Gasteiger partial charge in [0.25, 0.3) is 0 Å². The summed E-state index contributed by atoms with van der Waals surface area (Å²) in [5, 5.41) is 11.4. The van der Waals surface area contributed by atoms with Crippen LogP contribution < -0.4 is 5.32 Å². The summed E-state index contributed by atoms with van der Waals surface area (Å²) in [5.41, 5.74) is 0. The van der Waals surface area contributed by atoms with E-state index in [-0.39, 0.29) is 13.1 Å². The summed E-state index contributed by atoms with van der Waals surface area (Å²) in [6.45, 7) is 3.79. The molecule has 0 saturated carbocycles. The van der Waals surface area contributed by atoms with Gasteiger partial charge < -0.3 is 20.1 Å². The van der Waals surface area contributed by atoms with Gasteiger partial charge in [-0.15, -0.1) is 0 Å². The molecular formula is C11H17N3O5. The minimum Gasteiger partial charge on any atom is -0.391 e. The Bertz CT molecular complexity index is 396. The van der Waals surface area contributed by atoms with E-state index in [0.29, 0.717) is 12.8 Å². The van der Waals surface area contributed by atoms with Crippen LogP contribution in [0.3, 0.4) is 0 Å². The molecule has 4 amide bonds. The molecule has 1 saturated heterocycles. The van der Waals surface area contributed by atoms with Crippen molar-refractivity contribution >= 4 is 24.1 Å². The van der Waals surface area contributed by atoms with E-state index in [0.717, 1.165) is 4.90 Å². The van der Waals surface area contributed by atoms with E-state index in [4.69, 9.17) is 0 Å². The quantitative estimate of drug-likeness (QED) is 0.470. The van der Waals surface area contributed by atoms with Crippen LogP contribution in [0.15, 0.2) is 0 Å². The summed E-state index contributed by atoms with van der Waals surface area (Å²) < 4.78 is 0. The lowest BCUT2D eigenvalue weighted by Gasteiger charge is -2.32. The van der Waals surface area contributed by atoms with Gasteiger partial charge in [-0.3, -0.25) is 14.5 Å². The number of hydrogen-bond donors (Lipinski definition) is 2. The van der Waals surface area contributed by atoms with Crippen molar-refractivity contribution in [2.24, 2.45) is 0 Å². The Morgan fingerprint density at radius 2 is 2.05 bits per heavy atom. The molecule has 1 aliphatic heterocycles. The number of aliphatic hydroxyl groups excluding tert-OH is 1. The Kier molecular flexibility index (Phi) is 4.99. The minimum absolute atomic E-state index is 0.0651. The van der Waals surface area contributed by atoms with E-state index in [1.54, 1.807) is 6.92 Å². The number of aldehydes is 1. The van der Waals surface area contributed by atoms with Crippen molar-refractivity contribution in [3.05, 3.63) is 0 Å². The van der Waals surface area contributed by atoms with Gasteiger partial charge in [-0.1, -0.05) is 0 Å². The van der Waals surface area contributed by atoms with E-state index < -0.39 is 30.0 Å². The number of hydrogen-bond acceptors (Lipinski definition) is 5. The van der Waals surface area contributed by atoms with E-state index in [1.165, 1.54) is 11.8 Å². The standard InChI is InChI=1S/C11H17N3O5/c1-3-13-4-5-14(10(18)9(13)17)11(19)12-8(6-15)7(2)16/h6-8,16H,3-5H2,1-2H3,(H,12,19)/t7-,8?/m0/s1. The number of likely N-dealkylation sites (N-methyl/N-ethyl adjacent to an activating group) is 1. The van der Waals surface area contributed by atoms with Crippen LogP contribution in [0.25, 0.3) is 0 Å². The van der Waals surface area contributed by atoms with Crippen LogP contribution in [0.2, 0.25) is 0 Å². The van der Waals surface area contributed by atoms with Gasteiger partial charge in [-0.25, -0.2) is 4.79 Å². The molecule has 0 radical (unpaired) electrons. The topological polar surface area (TPSA) is 107 Å². The smallest absolute Gasteiger partial charge is 0.325 e. The fraction of sp³-hybridized carbons (Fsp3) is 0.636. The van der Waals surface area contributed by atoms with E-state index in [2.05, 4.69) is 5.32 Å². The molecule has 1 aliphatic rings. The fourth-order valence-electron chi connectivity index (χ4n) is 1.66. The molecule has 0 aliphatic carbocycles. The number of aliphatic hydroxyl groups is 1. The lowest BCUT2D eigenvalue weighted by atomic mass is 10.2. The number of urea groups is 1. The molecule has 106 valence electrons. The maximum absolute atomic E-state index is 11.8. The molecule has 1 fully saturated rings. The zero-order chi connectivity index (χ0) is 14.6. The Morgan fingerprint density at radius 3 is 2.53 bits per heavy atom. The Morgan fingerprint density at radius 1 is 1.42 bits per heavy atom. The lowest BCUT2D eigenvalue weighted by molar-refractivity contribution is -0.153. The maximum Gasteiger partial charge on any atom is 0.325 e. The fourth-order valence-corrected chi connectivity index (χ4v) is 1.66. The van der Waals surface area contributed by atoms with Gasteiger partial charge in [0.15, 0.2) is 0 Å². The van der Waals surface area contributed by atoms with Gasteiger partial charge in [-0.05, 0) is 13.8 Å². The third-order valence-electron chi connectivity index (χ3n) is 2.89. The highest BCUT2D eigenvalue weighted by Crippen LogP contribution is 2.05. The van der Waals surface area contributed by atoms with Gasteiger partial charge in [0, 0.05) is 19.6 Å². The number of carbonyl (C=O) groups excluding carboxylic acids is 4. The van der Waals surface area contributed by atoms with E-state index in [1.807, 2.05) is 0 Å². The first-order valence-corrected chi connectivity index (χ1v) is 5.97. The molecule has 2 atom stereocenters.